The standard InChI is InChI=1S/C15H20N4OS/c1-4-5-13-17-15(19-18-13)21-11(3)14(20)16-12-8-6-10(2)7-9-12/h6-9,11H,4-5H2,1-3H3,(H,16,20)(H,17,18,19). The Bertz CT molecular complexity index is 594. The van der Waals surface area contributed by atoms with E-state index in [0.29, 0.717) is 5.16 Å². The predicted molar refractivity (Wildman–Crippen MR) is 85.5 cm³/mol. The number of aromatic amines is 1. The Balaban J connectivity index is 1.90. The van der Waals surface area contributed by atoms with Crippen molar-refractivity contribution in [3.05, 3.63) is 35.7 Å². The molecular formula is C15H20N4OS. The number of aryl methyl sites for hydroxylation is 2. The monoisotopic (exact) mass is 304 g/mol. The molecule has 112 valence electrons. The van der Waals surface area contributed by atoms with E-state index in [2.05, 4.69) is 27.4 Å². The van der Waals surface area contributed by atoms with Crippen LogP contribution in [0.2, 0.25) is 0 Å². The van der Waals surface area contributed by atoms with E-state index >= 15 is 0 Å². The lowest BCUT2D eigenvalue weighted by Gasteiger charge is -2.10. The molecule has 0 saturated carbocycles. The molecule has 1 unspecified atom stereocenters. The van der Waals surface area contributed by atoms with E-state index in [1.807, 2.05) is 38.1 Å². The van der Waals surface area contributed by atoms with Gasteiger partial charge in [0, 0.05) is 12.1 Å². The maximum Gasteiger partial charge on any atom is 0.237 e. The zero-order valence-electron chi connectivity index (χ0n) is 12.5. The van der Waals surface area contributed by atoms with E-state index in [0.717, 1.165) is 24.4 Å². The number of amides is 1. The van der Waals surface area contributed by atoms with E-state index in [4.69, 9.17) is 0 Å². The number of nitrogens with zero attached hydrogens (tertiary/aromatic N) is 2. The molecule has 1 aromatic carbocycles. The molecule has 0 aliphatic rings. The van der Waals surface area contributed by atoms with Gasteiger partial charge in [-0.2, -0.15) is 0 Å². The minimum Gasteiger partial charge on any atom is -0.325 e. The maximum absolute atomic E-state index is 12.1. The zero-order chi connectivity index (χ0) is 15.2. The lowest BCUT2D eigenvalue weighted by atomic mass is 10.2. The molecule has 0 bridgehead atoms. The highest BCUT2D eigenvalue weighted by molar-refractivity contribution is 8.00. The van der Waals surface area contributed by atoms with E-state index in [9.17, 15) is 4.79 Å². The number of hydrogen-bond donors (Lipinski definition) is 2. The van der Waals surface area contributed by atoms with Gasteiger partial charge in [0.2, 0.25) is 11.1 Å². The average molecular weight is 304 g/mol. The molecule has 1 aromatic heterocycles. The van der Waals surface area contributed by atoms with Crippen LogP contribution in [-0.4, -0.2) is 26.3 Å². The molecule has 1 heterocycles. The van der Waals surface area contributed by atoms with Crippen LogP contribution in [0.1, 0.15) is 31.7 Å². The first-order valence-corrected chi connectivity index (χ1v) is 7.92. The number of hydrogen-bond acceptors (Lipinski definition) is 4. The van der Waals surface area contributed by atoms with Gasteiger partial charge in [0.05, 0.1) is 5.25 Å². The molecule has 2 rings (SSSR count). The molecule has 0 spiro atoms. The molecule has 1 amide bonds. The molecule has 2 aromatic rings. The third-order valence-corrected chi connectivity index (χ3v) is 3.93. The minimum atomic E-state index is -0.253. The second kappa shape index (κ2) is 7.26. The van der Waals surface area contributed by atoms with Crippen LogP contribution < -0.4 is 5.32 Å². The van der Waals surface area contributed by atoms with Crippen LogP contribution in [0.25, 0.3) is 0 Å². The molecule has 0 saturated heterocycles. The minimum absolute atomic E-state index is 0.0503. The smallest absolute Gasteiger partial charge is 0.237 e. The predicted octanol–water partition coefficient (Wildman–Crippen LogP) is 3.18. The third kappa shape index (κ3) is 4.60. The Kier molecular flexibility index (Phi) is 5.38. The fraction of sp³-hybridized carbons (Fsp3) is 0.400. The molecule has 5 nitrogen and oxygen atoms in total. The highest BCUT2D eigenvalue weighted by Gasteiger charge is 2.17. The van der Waals surface area contributed by atoms with E-state index in [-0.39, 0.29) is 11.2 Å². The van der Waals surface area contributed by atoms with Crippen molar-refractivity contribution < 1.29 is 4.79 Å². The maximum atomic E-state index is 12.1. The summed E-state index contributed by atoms with van der Waals surface area (Å²) in [5.74, 6) is 0.817. The first kappa shape index (κ1) is 15.6. The van der Waals surface area contributed by atoms with Crippen LogP contribution in [0.3, 0.4) is 0 Å². The normalized spacial score (nSPS) is 12.1. The molecule has 0 fully saturated rings. The number of benzene rings is 1. The van der Waals surface area contributed by atoms with Crippen LogP contribution >= 0.6 is 11.8 Å². The quantitative estimate of drug-likeness (QED) is 0.804. The van der Waals surface area contributed by atoms with Crippen molar-refractivity contribution in [3.63, 3.8) is 0 Å². The summed E-state index contributed by atoms with van der Waals surface area (Å²) in [6, 6.07) is 7.74. The summed E-state index contributed by atoms with van der Waals surface area (Å²) in [5, 5.41) is 10.3. The lowest BCUT2D eigenvalue weighted by Crippen LogP contribution is -2.22. The fourth-order valence-corrected chi connectivity index (χ4v) is 2.51. The molecule has 0 radical (unpaired) electrons. The topological polar surface area (TPSA) is 70.7 Å². The Morgan fingerprint density at radius 3 is 2.76 bits per heavy atom. The Morgan fingerprint density at radius 1 is 1.38 bits per heavy atom. The largest absolute Gasteiger partial charge is 0.325 e. The SMILES string of the molecule is CCCc1nc(SC(C)C(=O)Nc2ccc(C)cc2)n[nH]1. The second-order valence-corrected chi connectivity index (χ2v) is 6.24. The second-order valence-electron chi connectivity index (χ2n) is 4.93. The van der Waals surface area contributed by atoms with Gasteiger partial charge >= 0.3 is 0 Å². The molecule has 2 N–H and O–H groups in total. The van der Waals surface area contributed by atoms with Gasteiger partial charge in [-0.05, 0) is 32.4 Å². The summed E-state index contributed by atoms with van der Waals surface area (Å²) in [6.07, 6.45) is 1.89. The molecule has 6 heteroatoms. The van der Waals surface area contributed by atoms with Crippen molar-refractivity contribution in [3.8, 4) is 0 Å². The van der Waals surface area contributed by atoms with Gasteiger partial charge in [0.25, 0.3) is 0 Å². The summed E-state index contributed by atoms with van der Waals surface area (Å²) in [5.41, 5.74) is 1.97. The van der Waals surface area contributed by atoms with Crippen molar-refractivity contribution in [2.45, 2.75) is 44.0 Å². The Labute approximate surface area is 128 Å². The van der Waals surface area contributed by atoms with E-state index in [1.165, 1.54) is 17.3 Å². The Morgan fingerprint density at radius 2 is 2.10 bits per heavy atom. The van der Waals surface area contributed by atoms with Crippen LogP contribution in [0, 0.1) is 6.92 Å². The lowest BCUT2D eigenvalue weighted by molar-refractivity contribution is -0.115. The number of carbonyl (C=O) groups excluding carboxylic acids is 1. The summed E-state index contributed by atoms with van der Waals surface area (Å²) in [4.78, 5) is 16.5. The molecule has 0 aliphatic heterocycles. The number of aromatic nitrogens is 3. The highest BCUT2D eigenvalue weighted by atomic mass is 32.2. The third-order valence-electron chi connectivity index (χ3n) is 2.97. The number of H-pyrrole nitrogens is 1. The van der Waals surface area contributed by atoms with Crippen LogP contribution in [-0.2, 0) is 11.2 Å². The number of anilines is 1. The van der Waals surface area contributed by atoms with Crippen LogP contribution in [0.5, 0.6) is 0 Å². The van der Waals surface area contributed by atoms with Gasteiger partial charge in [-0.1, -0.05) is 36.4 Å². The summed E-state index contributed by atoms with van der Waals surface area (Å²) >= 11 is 1.36. The molecule has 0 aliphatic carbocycles. The number of rotatable bonds is 6. The summed E-state index contributed by atoms with van der Waals surface area (Å²) < 4.78 is 0. The van der Waals surface area contributed by atoms with Gasteiger partial charge in [-0.25, -0.2) is 4.98 Å². The number of nitrogens with one attached hydrogen (secondary N) is 2. The molecule has 1 atom stereocenters. The van der Waals surface area contributed by atoms with Crippen molar-refractivity contribution in [2.24, 2.45) is 0 Å². The van der Waals surface area contributed by atoms with Gasteiger partial charge in [-0.3, -0.25) is 9.89 Å². The van der Waals surface area contributed by atoms with Gasteiger partial charge in [-0.15, -0.1) is 5.10 Å². The zero-order valence-corrected chi connectivity index (χ0v) is 13.3. The first-order valence-electron chi connectivity index (χ1n) is 7.04. The van der Waals surface area contributed by atoms with Crippen LogP contribution in [0.4, 0.5) is 5.69 Å². The summed E-state index contributed by atoms with van der Waals surface area (Å²) in [6.45, 7) is 5.96. The van der Waals surface area contributed by atoms with Crippen molar-refractivity contribution in [2.75, 3.05) is 5.32 Å². The van der Waals surface area contributed by atoms with Gasteiger partial charge < -0.3 is 5.32 Å². The van der Waals surface area contributed by atoms with E-state index in [1.54, 1.807) is 0 Å². The van der Waals surface area contributed by atoms with Crippen molar-refractivity contribution in [1.29, 1.82) is 0 Å². The molecular weight excluding hydrogens is 284 g/mol. The van der Waals surface area contributed by atoms with Gasteiger partial charge in [0.1, 0.15) is 5.82 Å². The average Bonchev–Trinajstić information content (AvgIpc) is 2.89. The van der Waals surface area contributed by atoms with E-state index < -0.39 is 0 Å². The summed E-state index contributed by atoms with van der Waals surface area (Å²) in [7, 11) is 0. The Hall–Kier alpha value is -1.82. The molecule has 21 heavy (non-hydrogen) atoms. The number of carbonyl (C=O) groups is 1. The van der Waals surface area contributed by atoms with Gasteiger partial charge in [0.15, 0.2) is 0 Å². The van der Waals surface area contributed by atoms with Crippen molar-refractivity contribution >= 4 is 23.4 Å². The number of thioether (sulfide) groups is 1. The first-order chi connectivity index (χ1) is 10.1. The highest BCUT2D eigenvalue weighted by Crippen LogP contribution is 2.21. The van der Waals surface area contributed by atoms with Crippen molar-refractivity contribution in [1.82, 2.24) is 15.2 Å². The van der Waals surface area contributed by atoms with Crippen LogP contribution in [0.15, 0.2) is 29.4 Å². The fourth-order valence-electron chi connectivity index (χ4n) is 1.77.